The molecular weight excluding hydrogens is 382 g/mol. The lowest BCUT2D eigenvalue weighted by molar-refractivity contribution is 0.640. The van der Waals surface area contributed by atoms with E-state index >= 15 is 0 Å². The third-order valence-electron chi connectivity index (χ3n) is 4.23. The second-order valence-corrected chi connectivity index (χ2v) is 6.86. The second-order valence-electron chi connectivity index (χ2n) is 5.94. The van der Waals surface area contributed by atoms with E-state index in [2.05, 4.69) is 45.8 Å². The molecule has 8 heteroatoms. The number of nitrogens with zero attached hydrogens (tertiary/aromatic N) is 7. The van der Waals surface area contributed by atoms with Crippen molar-refractivity contribution in [3.8, 4) is 5.82 Å². The summed E-state index contributed by atoms with van der Waals surface area (Å²) in [4.78, 5) is 17.8. The molecule has 4 rings (SSSR count). The van der Waals surface area contributed by atoms with Crippen molar-refractivity contribution in [3.63, 3.8) is 0 Å². The Labute approximate surface area is 154 Å². The highest BCUT2D eigenvalue weighted by atomic mass is 79.9. The summed E-state index contributed by atoms with van der Waals surface area (Å²) >= 11 is 3.43. The van der Waals surface area contributed by atoms with Gasteiger partial charge >= 0.3 is 0 Å². The zero-order valence-corrected chi connectivity index (χ0v) is 15.5. The fraction of sp³-hybridized carbons (Fsp3) is 0.294. The molecule has 4 heterocycles. The van der Waals surface area contributed by atoms with Crippen LogP contribution in [0.2, 0.25) is 0 Å². The van der Waals surface area contributed by atoms with Crippen LogP contribution in [0.15, 0.2) is 47.5 Å². The monoisotopic (exact) mass is 399 g/mol. The van der Waals surface area contributed by atoms with Crippen molar-refractivity contribution in [2.24, 2.45) is 0 Å². The predicted molar refractivity (Wildman–Crippen MR) is 100 cm³/mol. The van der Waals surface area contributed by atoms with Crippen LogP contribution in [0.4, 0.5) is 11.6 Å². The molecule has 0 bridgehead atoms. The van der Waals surface area contributed by atoms with Gasteiger partial charge in [0.25, 0.3) is 0 Å². The Morgan fingerprint density at radius 3 is 2.24 bits per heavy atom. The van der Waals surface area contributed by atoms with Crippen molar-refractivity contribution in [1.82, 2.24) is 24.7 Å². The van der Waals surface area contributed by atoms with E-state index in [1.165, 1.54) is 0 Å². The molecule has 0 spiro atoms. The summed E-state index contributed by atoms with van der Waals surface area (Å²) in [6, 6.07) is 8.02. The molecular formula is C17H18BrN7. The largest absolute Gasteiger partial charge is 0.353 e. The van der Waals surface area contributed by atoms with Crippen LogP contribution in [0.1, 0.15) is 5.69 Å². The highest BCUT2D eigenvalue weighted by molar-refractivity contribution is 9.10. The topological polar surface area (TPSA) is 63.0 Å². The van der Waals surface area contributed by atoms with Crippen molar-refractivity contribution < 1.29 is 0 Å². The lowest BCUT2D eigenvalue weighted by atomic mass is 10.3. The summed E-state index contributed by atoms with van der Waals surface area (Å²) < 4.78 is 2.78. The van der Waals surface area contributed by atoms with Crippen LogP contribution >= 0.6 is 15.9 Å². The Kier molecular flexibility index (Phi) is 4.35. The van der Waals surface area contributed by atoms with Gasteiger partial charge in [-0.15, -0.1) is 0 Å². The third-order valence-corrected chi connectivity index (χ3v) is 4.70. The lowest BCUT2D eigenvalue weighted by Gasteiger charge is -2.36. The zero-order valence-electron chi connectivity index (χ0n) is 13.9. The molecule has 3 aromatic rings. The normalized spacial score (nSPS) is 14.8. The summed E-state index contributed by atoms with van der Waals surface area (Å²) in [5.74, 6) is 2.73. The van der Waals surface area contributed by atoms with Gasteiger partial charge in [0, 0.05) is 49.1 Å². The molecule has 0 radical (unpaired) electrons. The van der Waals surface area contributed by atoms with Crippen LogP contribution in [0.5, 0.6) is 0 Å². The van der Waals surface area contributed by atoms with Crippen LogP contribution < -0.4 is 9.80 Å². The van der Waals surface area contributed by atoms with Gasteiger partial charge in [0.1, 0.15) is 18.0 Å². The van der Waals surface area contributed by atoms with Gasteiger partial charge in [-0.3, -0.25) is 0 Å². The van der Waals surface area contributed by atoms with Gasteiger partial charge < -0.3 is 9.80 Å². The number of rotatable bonds is 3. The fourth-order valence-electron chi connectivity index (χ4n) is 2.90. The fourth-order valence-corrected chi connectivity index (χ4v) is 3.13. The van der Waals surface area contributed by atoms with E-state index in [4.69, 9.17) is 0 Å². The molecule has 0 aromatic carbocycles. The first-order valence-electron chi connectivity index (χ1n) is 8.15. The van der Waals surface area contributed by atoms with Crippen molar-refractivity contribution in [2.75, 3.05) is 36.0 Å². The Morgan fingerprint density at radius 1 is 0.880 bits per heavy atom. The summed E-state index contributed by atoms with van der Waals surface area (Å²) in [6.45, 7) is 5.58. The lowest BCUT2D eigenvalue weighted by Crippen LogP contribution is -2.47. The molecule has 0 N–H and O–H groups in total. The van der Waals surface area contributed by atoms with Gasteiger partial charge in [-0.2, -0.15) is 5.10 Å². The van der Waals surface area contributed by atoms with Gasteiger partial charge in [-0.05, 0) is 41.1 Å². The molecule has 1 aliphatic rings. The number of hydrogen-bond donors (Lipinski definition) is 0. The van der Waals surface area contributed by atoms with E-state index in [0.717, 1.165) is 53.8 Å². The standard InChI is InChI=1S/C17H18BrN7/c1-13-4-5-25(22-13)17-10-16(20-12-21-17)24-8-6-23(7-9-24)15-3-2-14(18)11-19-15/h2-5,10-12H,6-9H2,1H3. The van der Waals surface area contributed by atoms with Gasteiger partial charge in [0.05, 0.1) is 5.69 Å². The molecule has 1 aliphatic heterocycles. The zero-order chi connectivity index (χ0) is 17.2. The van der Waals surface area contributed by atoms with E-state index < -0.39 is 0 Å². The molecule has 128 valence electrons. The average molecular weight is 400 g/mol. The Bertz CT molecular complexity index is 853. The number of hydrogen-bond acceptors (Lipinski definition) is 6. The first-order chi connectivity index (χ1) is 12.2. The van der Waals surface area contributed by atoms with Gasteiger partial charge in [-0.1, -0.05) is 0 Å². The number of aryl methyl sites for hydroxylation is 1. The highest BCUT2D eigenvalue weighted by Crippen LogP contribution is 2.20. The van der Waals surface area contributed by atoms with Gasteiger partial charge in [-0.25, -0.2) is 19.6 Å². The first kappa shape index (κ1) is 16.0. The number of anilines is 2. The molecule has 3 aromatic heterocycles. The molecule has 0 saturated carbocycles. The number of piperazine rings is 1. The number of pyridine rings is 1. The molecule has 0 atom stereocenters. The van der Waals surface area contributed by atoms with Crippen LogP contribution in [-0.2, 0) is 0 Å². The molecule has 25 heavy (non-hydrogen) atoms. The van der Waals surface area contributed by atoms with E-state index in [9.17, 15) is 0 Å². The maximum atomic E-state index is 4.48. The minimum Gasteiger partial charge on any atom is -0.353 e. The van der Waals surface area contributed by atoms with Crippen LogP contribution in [-0.4, -0.2) is 50.9 Å². The van der Waals surface area contributed by atoms with Crippen molar-refractivity contribution in [2.45, 2.75) is 6.92 Å². The highest BCUT2D eigenvalue weighted by Gasteiger charge is 2.19. The van der Waals surface area contributed by atoms with E-state index in [-0.39, 0.29) is 0 Å². The smallest absolute Gasteiger partial charge is 0.158 e. The van der Waals surface area contributed by atoms with Crippen LogP contribution in [0, 0.1) is 6.92 Å². The number of halogens is 1. The number of aromatic nitrogens is 5. The third kappa shape index (κ3) is 3.48. The maximum Gasteiger partial charge on any atom is 0.158 e. The van der Waals surface area contributed by atoms with Gasteiger partial charge in [0.15, 0.2) is 5.82 Å². The molecule has 1 saturated heterocycles. The summed E-state index contributed by atoms with van der Waals surface area (Å²) in [5.41, 5.74) is 0.968. The van der Waals surface area contributed by atoms with Crippen molar-refractivity contribution in [3.05, 3.63) is 53.2 Å². The van der Waals surface area contributed by atoms with Crippen LogP contribution in [0.25, 0.3) is 5.82 Å². The molecule has 0 amide bonds. The van der Waals surface area contributed by atoms with E-state index in [1.54, 1.807) is 11.0 Å². The first-order valence-corrected chi connectivity index (χ1v) is 8.94. The molecule has 0 unspecified atom stereocenters. The Hall–Kier alpha value is -2.48. The van der Waals surface area contributed by atoms with E-state index in [1.807, 2.05) is 43.6 Å². The second kappa shape index (κ2) is 6.79. The Balaban J connectivity index is 1.46. The summed E-state index contributed by atoms with van der Waals surface area (Å²) in [6.07, 6.45) is 5.35. The molecule has 1 fully saturated rings. The molecule has 7 nitrogen and oxygen atoms in total. The average Bonchev–Trinajstić information content (AvgIpc) is 3.09. The quantitative estimate of drug-likeness (QED) is 0.673. The maximum absolute atomic E-state index is 4.48. The van der Waals surface area contributed by atoms with Crippen molar-refractivity contribution >= 4 is 27.6 Å². The van der Waals surface area contributed by atoms with Crippen molar-refractivity contribution in [1.29, 1.82) is 0 Å². The predicted octanol–water partition coefficient (Wildman–Crippen LogP) is 2.45. The minimum absolute atomic E-state index is 0.787. The summed E-state index contributed by atoms with van der Waals surface area (Å²) in [7, 11) is 0. The molecule has 0 aliphatic carbocycles. The van der Waals surface area contributed by atoms with Gasteiger partial charge in [0.2, 0.25) is 0 Å². The van der Waals surface area contributed by atoms with E-state index in [0.29, 0.717) is 0 Å². The summed E-state index contributed by atoms with van der Waals surface area (Å²) in [5, 5.41) is 4.41. The Morgan fingerprint density at radius 2 is 1.60 bits per heavy atom. The minimum atomic E-state index is 0.787. The van der Waals surface area contributed by atoms with Crippen LogP contribution in [0.3, 0.4) is 0 Å². The SMILES string of the molecule is Cc1ccn(-c2cc(N3CCN(c4ccc(Br)cn4)CC3)ncn2)n1.